The van der Waals surface area contributed by atoms with Crippen molar-refractivity contribution in [3.05, 3.63) is 42.7 Å². The number of pyridine rings is 1. The monoisotopic (exact) mass is 284 g/mol. The molecule has 110 valence electrons. The summed E-state index contributed by atoms with van der Waals surface area (Å²) < 4.78 is 5.20. The van der Waals surface area contributed by atoms with E-state index in [2.05, 4.69) is 26.9 Å². The molecule has 0 saturated carbocycles. The highest BCUT2D eigenvalue weighted by atomic mass is 16.5. The largest absolute Gasteiger partial charge is 0.497 e. The highest BCUT2D eigenvalue weighted by Gasteiger charge is 2.18. The summed E-state index contributed by atoms with van der Waals surface area (Å²) in [6.45, 7) is 3.88. The van der Waals surface area contributed by atoms with E-state index in [1.165, 1.54) is 5.69 Å². The number of piperazine rings is 1. The number of ether oxygens (including phenoxy) is 1. The summed E-state index contributed by atoms with van der Waals surface area (Å²) in [6.07, 6.45) is 3.51. The Bertz CT molecular complexity index is 591. The van der Waals surface area contributed by atoms with Crippen molar-refractivity contribution in [1.82, 2.24) is 4.98 Å². The maximum atomic E-state index is 6.00. The van der Waals surface area contributed by atoms with E-state index in [0.717, 1.165) is 43.3 Å². The third kappa shape index (κ3) is 2.86. The van der Waals surface area contributed by atoms with Crippen LogP contribution in [0.2, 0.25) is 0 Å². The van der Waals surface area contributed by atoms with Gasteiger partial charge in [-0.05, 0) is 30.3 Å². The maximum absolute atomic E-state index is 6.00. The molecule has 0 unspecified atom stereocenters. The summed E-state index contributed by atoms with van der Waals surface area (Å²) >= 11 is 0. The Morgan fingerprint density at radius 2 is 1.67 bits per heavy atom. The van der Waals surface area contributed by atoms with E-state index in [-0.39, 0.29) is 0 Å². The minimum Gasteiger partial charge on any atom is -0.497 e. The maximum Gasteiger partial charge on any atom is 0.119 e. The molecular weight excluding hydrogens is 264 g/mol. The molecule has 0 aliphatic carbocycles. The zero-order valence-electron chi connectivity index (χ0n) is 12.2. The minimum absolute atomic E-state index is 0.746. The van der Waals surface area contributed by atoms with Crippen molar-refractivity contribution >= 4 is 17.1 Å². The first-order chi connectivity index (χ1) is 10.3. The average molecular weight is 284 g/mol. The second-order valence-corrected chi connectivity index (χ2v) is 5.11. The zero-order valence-corrected chi connectivity index (χ0v) is 12.2. The molecule has 0 bridgehead atoms. The molecule has 0 spiro atoms. The fourth-order valence-electron chi connectivity index (χ4n) is 2.69. The Morgan fingerprint density at radius 1 is 1.00 bits per heavy atom. The number of methoxy groups -OCH3 is 1. The molecule has 0 amide bonds. The molecule has 0 radical (unpaired) electrons. The molecule has 5 nitrogen and oxygen atoms in total. The number of benzene rings is 1. The summed E-state index contributed by atoms with van der Waals surface area (Å²) in [6, 6.07) is 10.2. The molecule has 2 heterocycles. The minimum atomic E-state index is 0.746. The second kappa shape index (κ2) is 5.91. The number of rotatable bonds is 3. The SMILES string of the molecule is COc1ccc(N2CCN(c3ccncc3N)CC2)cc1. The fourth-order valence-corrected chi connectivity index (χ4v) is 2.69. The summed E-state index contributed by atoms with van der Waals surface area (Å²) in [5.74, 6) is 0.891. The van der Waals surface area contributed by atoms with Gasteiger partial charge in [0.1, 0.15) is 5.75 Å². The van der Waals surface area contributed by atoms with Gasteiger partial charge in [0.2, 0.25) is 0 Å². The van der Waals surface area contributed by atoms with Crippen LogP contribution in [-0.2, 0) is 0 Å². The van der Waals surface area contributed by atoms with Gasteiger partial charge in [0.15, 0.2) is 0 Å². The van der Waals surface area contributed by atoms with Gasteiger partial charge in [0.05, 0.1) is 24.7 Å². The lowest BCUT2D eigenvalue weighted by atomic mass is 10.2. The van der Waals surface area contributed by atoms with Crippen molar-refractivity contribution in [2.24, 2.45) is 0 Å². The van der Waals surface area contributed by atoms with Gasteiger partial charge in [-0.15, -0.1) is 0 Å². The van der Waals surface area contributed by atoms with Crippen molar-refractivity contribution < 1.29 is 4.74 Å². The van der Waals surface area contributed by atoms with Crippen molar-refractivity contribution in [3.8, 4) is 5.75 Å². The predicted molar refractivity (Wildman–Crippen MR) is 86.1 cm³/mol. The van der Waals surface area contributed by atoms with Crippen LogP contribution in [0.25, 0.3) is 0 Å². The number of nitrogens with zero attached hydrogens (tertiary/aromatic N) is 3. The third-order valence-corrected chi connectivity index (χ3v) is 3.89. The highest BCUT2D eigenvalue weighted by molar-refractivity contribution is 5.66. The number of hydrogen-bond donors (Lipinski definition) is 1. The number of aromatic nitrogens is 1. The third-order valence-electron chi connectivity index (χ3n) is 3.89. The Kier molecular flexibility index (Phi) is 3.81. The average Bonchev–Trinajstić information content (AvgIpc) is 2.56. The highest BCUT2D eigenvalue weighted by Crippen LogP contribution is 2.25. The Morgan fingerprint density at radius 3 is 2.29 bits per heavy atom. The predicted octanol–water partition coefficient (Wildman–Crippen LogP) is 2.00. The molecule has 2 N–H and O–H groups in total. The van der Waals surface area contributed by atoms with Crippen LogP contribution in [0.4, 0.5) is 17.1 Å². The second-order valence-electron chi connectivity index (χ2n) is 5.11. The van der Waals surface area contributed by atoms with Crippen molar-refractivity contribution in [2.45, 2.75) is 0 Å². The zero-order chi connectivity index (χ0) is 14.7. The number of hydrogen-bond acceptors (Lipinski definition) is 5. The van der Waals surface area contributed by atoms with Crippen LogP contribution in [0.15, 0.2) is 42.7 Å². The van der Waals surface area contributed by atoms with Crippen molar-refractivity contribution in [2.75, 3.05) is 48.8 Å². The number of nitrogens with two attached hydrogens (primary N) is 1. The number of anilines is 3. The van der Waals surface area contributed by atoms with Gasteiger partial charge in [-0.25, -0.2) is 0 Å². The van der Waals surface area contributed by atoms with Gasteiger partial charge in [0, 0.05) is 38.1 Å². The fraction of sp³-hybridized carbons (Fsp3) is 0.312. The van der Waals surface area contributed by atoms with E-state index in [4.69, 9.17) is 10.5 Å². The van der Waals surface area contributed by atoms with Gasteiger partial charge >= 0.3 is 0 Å². The molecule has 2 aromatic rings. The summed E-state index contributed by atoms with van der Waals surface area (Å²) in [4.78, 5) is 8.74. The normalized spacial score (nSPS) is 15.1. The Balaban J connectivity index is 1.66. The smallest absolute Gasteiger partial charge is 0.119 e. The molecule has 3 rings (SSSR count). The first-order valence-corrected chi connectivity index (χ1v) is 7.11. The summed E-state index contributed by atoms with van der Waals surface area (Å²) in [5, 5.41) is 0. The van der Waals surface area contributed by atoms with Crippen LogP contribution >= 0.6 is 0 Å². The lowest BCUT2D eigenvalue weighted by Crippen LogP contribution is -2.46. The molecule has 1 aliphatic rings. The quantitative estimate of drug-likeness (QED) is 0.934. The van der Waals surface area contributed by atoms with E-state index in [9.17, 15) is 0 Å². The van der Waals surface area contributed by atoms with Crippen molar-refractivity contribution in [1.29, 1.82) is 0 Å². The van der Waals surface area contributed by atoms with Crippen LogP contribution in [-0.4, -0.2) is 38.3 Å². The first kappa shape index (κ1) is 13.5. The lowest BCUT2D eigenvalue weighted by molar-refractivity contribution is 0.415. The van der Waals surface area contributed by atoms with Crippen LogP contribution in [0.1, 0.15) is 0 Å². The topological polar surface area (TPSA) is 54.6 Å². The van der Waals surface area contributed by atoms with Crippen molar-refractivity contribution in [3.63, 3.8) is 0 Å². The van der Waals surface area contributed by atoms with Gasteiger partial charge in [0.25, 0.3) is 0 Å². The Hall–Kier alpha value is -2.43. The number of nitrogen functional groups attached to an aromatic ring is 1. The van der Waals surface area contributed by atoms with E-state index < -0.39 is 0 Å². The van der Waals surface area contributed by atoms with Gasteiger partial charge in [-0.3, -0.25) is 4.98 Å². The summed E-state index contributed by atoms with van der Waals surface area (Å²) in [5.41, 5.74) is 9.06. The van der Waals surface area contributed by atoms with Crippen LogP contribution in [0.5, 0.6) is 5.75 Å². The van der Waals surface area contributed by atoms with E-state index in [1.807, 2.05) is 18.2 Å². The van der Waals surface area contributed by atoms with Crippen LogP contribution in [0, 0.1) is 0 Å². The van der Waals surface area contributed by atoms with E-state index in [1.54, 1.807) is 19.5 Å². The standard InChI is InChI=1S/C16H20N4O/c1-21-14-4-2-13(3-5-14)19-8-10-20(11-9-19)16-6-7-18-12-15(16)17/h2-7,12H,8-11,17H2,1H3. The molecule has 1 saturated heterocycles. The molecule has 1 aliphatic heterocycles. The van der Waals surface area contributed by atoms with Gasteiger partial charge < -0.3 is 20.3 Å². The molecule has 1 fully saturated rings. The molecule has 1 aromatic heterocycles. The van der Waals surface area contributed by atoms with E-state index >= 15 is 0 Å². The molecule has 5 heteroatoms. The lowest BCUT2D eigenvalue weighted by Gasteiger charge is -2.37. The molecule has 21 heavy (non-hydrogen) atoms. The van der Waals surface area contributed by atoms with Gasteiger partial charge in [-0.1, -0.05) is 0 Å². The molecule has 0 atom stereocenters. The molecule has 1 aromatic carbocycles. The first-order valence-electron chi connectivity index (χ1n) is 7.11. The van der Waals surface area contributed by atoms with Crippen LogP contribution in [0.3, 0.4) is 0 Å². The summed E-state index contributed by atoms with van der Waals surface area (Å²) in [7, 11) is 1.69. The van der Waals surface area contributed by atoms with E-state index in [0.29, 0.717) is 0 Å². The van der Waals surface area contributed by atoms with Gasteiger partial charge in [-0.2, -0.15) is 0 Å². The molecular formula is C16H20N4O. The van der Waals surface area contributed by atoms with Crippen LogP contribution < -0.4 is 20.3 Å². The Labute approximate surface area is 125 Å².